The first-order valence-electron chi connectivity index (χ1n) is 8.12. The van der Waals surface area contributed by atoms with E-state index in [9.17, 15) is 9.59 Å². The van der Waals surface area contributed by atoms with Gasteiger partial charge < -0.3 is 10.3 Å². The van der Waals surface area contributed by atoms with Gasteiger partial charge in [0.15, 0.2) is 5.16 Å². The van der Waals surface area contributed by atoms with Gasteiger partial charge in [0, 0.05) is 24.2 Å². The van der Waals surface area contributed by atoms with Crippen LogP contribution in [0, 0.1) is 6.92 Å². The van der Waals surface area contributed by atoms with Gasteiger partial charge in [0.25, 0.3) is 5.56 Å². The summed E-state index contributed by atoms with van der Waals surface area (Å²) < 4.78 is 1.78. The van der Waals surface area contributed by atoms with Gasteiger partial charge in [-0.1, -0.05) is 42.1 Å². The van der Waals surface area contributed by atoms with Crippen molar-refractivity contribution in [2.24, 2.45) is 0 Å². The predicted molar refractivity (Wildman–Crippen MR) is 99.9 cm³/mol. The maximum absolute atomic E-state index is 12.4. The van der Waals surface area contributed by atoms with Gasteiger partial charge in [-0.25, -0.2) is 4.98 Å². The Balaban J connectivity index is 1.65. The lowest BCUT2D eigenvalue weighted by molar-refractivity contribution is -0.119. The van der Waals surface area contributed by atoms with Crippen molar-refractivity contribution in [1.82, 2.24) is 25.1 Å². The molecule has 0 saturated carbocycles. The highest BCUT2D eigenvalue weighted by Crippen LogP contribution is 2.16. The standard InChI is InChI=1S/C18H19N5O2S/c1-13-10-16(24)22-18(20-13)26-12-17(25)21-15(11-23-9-5-8-19-23)14-6-3-2-4-7-14/h2-10,15H,11-12H2,1H3,(H,21,25)(H,20,22,24). The zero-order valence-electron chi connectivity index (χ0n) is 14.3. The number of aromatic amines is 1. The van der Waals surface area contributed by atoms with Gasteiger partial charge in [0.05, 0.1) is 18.3 Å². The summed E-state index contributed by atoms with van der Waals surface area (Å²) in [6.07, 6.45) is 3.57. The zero-order chi connectivity index (χ0) is 18.4. The van der Waals surface area contributed by atoms with E-state index in [2.05, 4.69) is 20.4 Å². The number of aryl methyl sites for hydroxylation is 1. The van der Waals surface area contributed by atoms with Gasteiger partial charge in [0.2, 0.25) is 5.91 Å². The van der Waals surface area contributed by atoms with Gasteiger partial charge in [-0.3, -0.25) is 14.3 Å². The number of nitrogens with one attached hydrogen (secondary N) is 2. The number of carbonyl (C=O) groups is 1. The third-order valence-corrected chi connectivity index (χ3v) is 4.53. The Morgan fingerprint density at radius 2 is 2.12 bits per heavy atom. The highest BCUT2D eigenvalue weighted by atomic mass is 32.2. The summed E-state index contributed by atoms with van der Waals surface area (Å²) in [6, 6.07) is 12.8. The van der Waals surface area contributed by atoms with Crippen LogP contribution in [-0.4, -0.2) is 31.4 Å². The molecule has 0 saturated heterocycles. The third kappa shape index (κ3) is 5.06. The number of thioether (sulfide) groups is 1. The minimum absolute atomic E-state index is 0.139. The molecule has 7 nitrogen and oxygen atoms in total. The number of hydrogen-bond acceptors (Lipinski definition) is 5. The molecule has 0 fully saturated rings. The largest absolute Gasteiger partial charge is 0.347 e. The first-order chi connectivity index (χ1) is 12.6. The molecule has 0 bridgehead atoms. The average molecular weight is 369 g/mol. The van der Waals surface area contributed by atoms with Gasteiger partial charge >= 0.3 is 0 Å². The monoisotopic (exact) mass is 369 g/mol. The summed E-state index contributed by atoms with van der Waals surface area (Å²) >= 11 is 1.20. The molecule has 2 N–H and O–H groups in total. The molecule has 134 valence electrons. The fourth-order valence-corrected chi connectivity index (χ4v) is 3.24. The lowest BCUT2D eigenvalue weighted by atomic mass is 10.1. The predicted octanol–water partition coefficient (Wildman–Crippen LogP) is 1.92. The fraction of sp³-hybridized carbons (Fsp3) is 0.222. The molecule has 2 aromatic heterocycles. The Hall–Kier alpha value is -2.87. The molecule has 3 rings (SSSR count). The third-order valence-electron chi connectivity index (χ3n) is 3.65. The molecule has 1 aromatic carbocycles. The van der Waals surface area contributed by atoms with Crippen molar-refractivity contribution < 1.29 is 4.79 Å². The topological polar surface area (TPSA) is 92.7 Å². The highest BCUT2D eigenvalue weighted by molar-refractivity contribution is 7.99. The van der Waals surface area contributed by atoms with Gasteiger partial charge in [-0.15, -0.1) is 0 Å². The number of nitrogens with zero attached hydrogens (tertiary/aromatic N) is 3. The second-order valence-corrected chi connectivity index (χ2v) is 6.70. The molecule has 0 aliphatic heterocycles. The number of rotatable bonds is 7. The molecular formula is C18H19N5O2S. The van der Waals surface area contributed by atoms with Crippen molar-refractivity contribution in [3.63, 3.8) is 0 Å². The summed E-state index contributed by atoms with van der Waals surface area (Å²) in [5.74, 6) is 0.0228. The second kappa shape index (κ2) is 8.48. The lowest BCUT2D eigenvalue weighted by Crippen LogP contribution is -2.33. The molecule has 0 aliphatic rings. The van der Waals surface area contributed by atoms with Crippen molar-refractivity contribution in [2.45, 2.75) is 24.7 Å². The summed E-state index contributed by atoms with van der Waals surface area (Å²) in [7, 11) is 0. The summed E-state index contributed by atoms with van der Waals surface area (Å²) in [5.41, 5.74) is 1.40. The van der Waals surface area contributed by atoms with Crippen molar-refractivity contribution in [3.8, 4) is 0 Å². The van der Waals surface area contributed by atoms with E-state index in [0.717, 1.165) is 5.56 Å². The number of H-pyrrole nitrogens is 1. The van der Waals surface area contributed by atoms with Crippen molar-refractivity contribution in [3.05, 3.63) is 76.5 Å². The smallest absolute Gasteiger partial charge is 0.251 e. The fourth-order valence-electron chi connectivity index (χ4n) is 2.51. The van der Waals surface area contributed by atoms with Crippen LogP contribution in [0.2, 0.25) is 0 Å². The van der Waals surface area contributed by atoms with Gasteiger partial charge in [0.1, 0.15) is 0 Å². The summed E-state index contributed by atoms with van der Waals surface area (Å²) in [5, 5.41) is 7.68. The van der Waals surface area contributed by atoms with Crippen LogP contribution in [0.3, 0.4) is 0 Å². The van der Waals surface area contributed by atoms with Crippen LogP contribution in [0.15, 0.2) is 64.8 Å². The first-order valence-corrected chi connectivity index (χ1v) is 9.11. The molecule has 0 spiro atoms. The van der Waals surface area contributed by atoms with Crippen LogP contribution in [0.1, 0.15) is 17.3 Å². The molecule has 0 aliphatic carbocycles. The quantitative estimate of drug-likeness (QED) is 0.490. The van der Waals surface area contributed by atoms with E-state index in [1.165, 1.54) is 17.8 Å². The minimum Gasteiger partial charge on any atom is -0.347 e. The number of aromatic nitrogens is 4. The van der Waals surface area contributed by atoms with E-state index in [1.807, 2.05) is 42.6 Å². The maximum atomic E-state index is 12.4. The molecule has 1 unspecified atom stereocenters. The Morgan fingerprint density at radius 3 is 2.81 bits per heavy atom. The van der Waals surface area contributed by atoms with Crippen LogP contribution >= 0.6 is 11.8 Å². The van der Waals surface area contributed by atoms with Crippen LogP contribution in [0.4, 0.5) is 0 Å². The SMILES string of the molecule is Cc1cc(=O)[nH]c(SCC(=O)NC(Cn2cccn2)c2ccccc2)n1. The van der Waals surface area contributed by atoms with E-state index < -0.39 is 0 Å². The second-order valence-electron chi connectivity index (χ2n) is 5.74. The Bertz CT molecular complexity index is 909. The van der Waals surface area contributed by atoms with Crippen LogP contribution in [-0.2, 0) is 11.3 Å². The van der Waals surface area contributed by atoms with Crippen molar-refractivity contribution >= 4 is 17.7 Å². The van der Waals surface area contributed by atoms with E-state index in [-0.39, 0.29) is 23.3 Å². The zero-order valence-corrected chi connectivity index (χ0v) is 15.1. The Kier molecular flexibility index (Phi) is 5.85. The van der Waals surface area contributed by atoms with Gasteiger partial charge in [-0.05, 0) is 18.6 Å². The number of benzene rings is 1. The molecule has 26 heavy (non-hydrogen) atoms. The van der Waals surface area contributed by atoms with Gasteiger partial charge in [-0.2, -0.15) is 5.10 Å². The first kappa shape index (κ1) is 17.9. The Morgan fingerprint density at radius 1 is 1.31 bits per heavy atom. The normalized spacial score (nSPS) is 11.9. The minimum atomic E-state index is -0.221. The molecule has 1 amide bonds. The average Bonchev–Trinajstić information content (AvgIpc) is 3.12. The van der Waals surface area contributed by atoms with Crippen molar-refractivity contribution in [1.29, 1.82) is 0 Å². The highest BCUT2D eigenvalue weighted by Gasteiger charge is 2.16. The molecule has 2 heterocycles. The number of carbonyl (C=O) groups excluding carboxylic acids is 1. The van der Waals surface area contributed by atoms with E-state index in [4.69, 9.17) is 0 Å². The summed E-state index contributed by atoms with van der Waals surface area (Å²) in [6.45, 7) is 2.28. The number of amides is 1. The molecule has 0 radical (unpaired) electrons. The maximum Gasteiger partial charge on any atom is 0.251 e. The van der Waals surface area contributed by atoms with E-state index in [0.29, 0.717) is 17.4 Å². The lowest BCUT2D eigenvalue weighted by Gasteiger charge is -2.19. The van der Waals surface area contributed by atoms with E-state index in [1.54, 1.807) is 17.8 Å². The van der Waals surface area contributed by atoms with Crippen molar-refractivity contribution in [2.75, 3.05) is 5.75 Å². The summed E-state index contributed by atoms with van der Waals surface area (Å²) in [4.78, 5) is 30.7. The van der Waals surface area contributed by atoms with Crippen LogP contribution in [0.25, 0.3) is 0 Å². The molecular weight excluding hydrogens is 350 g/mol. The van der Waals surface area contributed by atoms with Crippen LogP contribution in [0.5, 0.6) is 0 Å². The molecule has 3 aromatic rings. The van der Waals surface area contributed by atoms with E-state index >= 15 is 0 Å². The Labute approximate surface area is 154 Å². The number of hydrogen-bond donors (Lipinski definition) is 2. The molecule has 8 heteroatoms. The van der Waals surface area contributed by atoms with Crippen LogP contribution < -0.4 is 10.9 Å². The molecule has 1 atom stereocenters.